The molecule has 1 fully saturated rings. The Labute approximate surface area is 143 Å². The minimum absolute atomic E-state index is 0.239. The summed E-state index contributed by atoms with van der Waals surface area (Å²) < 4.78 is 5.44. The van der Waals surface area contributed by atoms with Crippen LogP contribution in [0.15, 0.2) is 42.1 Å². The third-order valence-corrected chi connectivity index (χ3v) is 4.32. The molecule has 5 nitrogen and oxygen atoms in total. The maximum absolute atomic E-state index is 12.2. The Balaban J connectivity index is 1.57. The van der Waals surface area contributed by atoms with Gasteiger partial charge in [-0.3, -0.25) is 10.3 Å². The van der Waals surface area contributed by atoms with Crippen molar-refractivity contribution in [3.63, 3.8) is 0 Å². The lowest BCUT2D eigenvalue weighted by Gasteiger charge is -2.37. The van der Waals surface area contributed by atoms with Gasteiger partial charge in [0, 0.05) is 38.0 Å². The maximum Gasteiger partial charge on any atom is 0.410 e. The first-order valence-electron chi connectivity index (χ1n) is 8.53. The predicted molar refractivity (Wildman–Crippen MR) is 92.2 cm³/mol. The molecule has 0 atom stereocenters. The van der Waals surface area contributed by atoms with Crippen LogP contribution in [0, 0.1) is 0 Å². The molecule has 2 aliphatic rings. The van der Waals surface area contributed by atoms with Crippen molar-refractivity contribution >= 4 is 6.09 Å². The van der Waals surface area contributed by atoms with E-state index in [1.165, 1.54) is 5.56 Å². The van der Waals surface area contributed by atoms with E-state index in [2.05, 4.69) is 23.7 Å². The molecule has 1 amide bonds. The molecule has 1 N–H and O–H groups in total. The van der Waals surface area contributed by atoms with Gasteiger partial charge in [0.2, 0.25) is 0 Å². The molecule has 130 valence electrons. The van der Waals surface area contributed by atoms with Crippen molar-refractivity contribution in [2.24, 2.45) is 0 Å². The minimum atomic E-state index is -0.458. The smallest absolute Gasteiger partial charge is 0.410 e. The number of hydrogen-bond donors (Lipinski definition) is 1. The van der Waals surface area contributed by atoms with Crippen LogP contribution in [0.4, 0.5) is 4.79 Å². The Morgan fingerprint density at radius 1 is 1.25 bits per heavy atom. The number of nitrogens with zero attached hydrogens (tertiary/aromatic N) is 1. The molecule has 1 saturated heterocycles. The van der Waals surface area contributed by atoms with E-state index in [-0.39, 0.29) is 11.7 Å². The van der Waals surface area contributed by atoms with E-state index in [1.54, 1.807) is 4.90 Å². The largest absolute Gasteiger partial charge is 0.444 e. The Kier molecular flexibility index (Phi) is 4.54. The zero-order chi connectivity index (χ0) is 17.2. The molecule has 1 spiro atoms. The highest BCUT2D eigenvalue weighted by Crippen LogP contribution is 2.33. The molecule has 0 radical (unpaired) electrons. The van der Waals surface area contributed by atoms with Crippen molar-refractivity contribution in [3.8, 4) is 0 Å². The summed E-state index contributed by atoms with van der Waals surface area (Å²) >= 11 is 0. The Bertz CT molecular complexity index is 611. The fourth-order valence-corrected chi connectivity index (χ4v) is 3.09. The summed E-state index contributed by atoms with van der Waals surface area (Å²) in [4.78, 5) is 19.8. The maximum atomic E-state index is 12.2. The second-order valence-corrected chi connectivity index (χ2v) is 7.57. The molecule has 0 bridgehead atoms. The topological polar surface area (TPSA) is 50.8 Å². The van der Waals surface area contributed by atoms with Gasteiger partial charge in [0.1, 0.15) is 11.2 Å². The van der Waals surface area contributed by atoms with Crippen molar-refractivity contribution < 1.29 is 14.4 Å². The molecular formula is C19H26N2O3. The lowest BCUT2D eigenvalue weighted by atomic mass is 9.90. The first-order chi connectivity index (χ1) is 11.4. The molecule has 2 aliphatic heterocycles. The van der Waals surface area contributed by atoms with Crippen molar-refractivity contribution in [2.75, 3.05) is 13.1 Å². The normalized spacial score (nSPS) is 19.8. The van der Waals surface area contributed by atoms with Gasteiger partial charge in [-0.05, 0) is 32.4 Å². The number of carbonyl (C=O) groups excluding carboxylic acids is 1. The number of carbonyl (C=O) groups is 1. The summed E-state index contributed by atoms with van der Waals surface area (Å²) in [6, 6.07) is 10.3. The average molecular weight is 330 g/mol. The van der Waals surface area contributed by atoms with Gasteiger partial charge in [-0.15, -0.1) is 0 Å². The highest BCUT2D eigenvalue weighted by Gasteiger charge is 2.40. The van der Waals surface area contributed by atoms with Crippen LogP contribution in [0.2, 0.25) is 0 Å². The number of likely N-dealkylation sites (tertiary alicyclic amines) is 1. The SMILES string of the molecule is CC(C)(C)OC(=O)N1CCC2(C=C(Cc3ccccc3)NO2)CC1. The molecule has 24 heavy (non-hydrogen) atoms. The van der Waals surface area contributed by atoms with E-state index in [0.717, 1.165) is 25.0 Å². The van der Waals surface area contributed by atoms with Crippen molar-refractivity contribution in [3.05, 3.63) is 47.7 Å². The predicted octanol–water partition coefficient (Wildman–Crippen LogP) is 3.42. The van der Waals surface area contributed by atoms with Gasteiger partial charge >= 0.3 is 6.09 Å². The third-order valence-electron chi connectivity index (χ3n) is 4.32. The van der Waals surface area contributed by atoms with Crippen LogP contribution in [-0.2, 0) is 16.0 Å². The molecule has 1 aromatic carbocycles. The first-order valence-corrected chi connectivity index (χ1v) is 8.53. The summed E-state index contributed by atoms with van der Waals surface area (Å²) in [5.41, 5.74) is 4.66. The van der Waals surface area contributed by atoms with E-state index in [4.69, 9.17) is 9.57 Å². The quantitative estimate of drug-likeness (QED) is 0.903. The Morgan fingerprint density at radius 3 is 2.54 bits per heavy atom. The Hall–Kier alpha value is -2.01. The molecule has 0 saturated carbocycles. The standard InChI is InChI=1S/C19H26N2O3/c1-18(2,3)23-17(22)21-11-9-19(10-12-21)14-16(20-24-19)13-15-7-5-4-6-8-15/h4-8,14,20H,9-13H2,1-3H3. The van der Waals surface area contributed by atoms with Gasteiger partial charge in [-0.1, -0.05) is 30.3 Å². The van der Waals surface area contributed by atoms with Gasteiger partial charge in [-0.25, -0.2) is 4.79 Å². The third kappa shape index (κ3) is 4.09. The van der Waals surface area contributed by atoms with E-state index < -0.39 is 5.60 Å². The number of amides is 1. The van der Waals surface area contributed by atoms with Gasteiger partial charge in [0.15, 0.2) is 0 Å². The summed E-state index contributed by atoms with van der Waals surface area (Å²) in [5.74, 6) is 0. The fraction of sp³-hybridized carbons (Fsp3) is 0.526. The van der Waals surface area contributed by atoms with Crippen molar-refractivity contribution in [1.82, 2.24) is 10.4 Å². The summed E-state index contributed by atoms with van der Waals surface area (Å²) in [6.07, 6.45) is 4.33. The number of nitrogens with one attached hydrogen (secondary N) is 1. The van der Waals surface area contributed by atoms with Crippen LogP contribution < -0.4 is 5.48 Å². The Morgan fingerprint density at radius 2 is 1.92 bits per heavy atom. The van der Waals surface area contributed by atoms with Crippen LogP contribution >= 0.6 is 0 Å². The number of benzene rings is 1. The van der Waals surface area contributed by atoms with Crippen LogP contribution in [0.3, 0.4) is 0 Å². The summed E-state index contributed by atoms with van der Waals surface area (Å²) in [6.45, 7) is 6.95. The number of ether oxygens (including phenoxy) is 1. The van der Waals surface area contributed by atoms with Crippen molar-refractivity contribution in [2.45, 2.75) is 51.2 Å². The molecule has 0 aromatic heterocycles. The number of rotatable bonds is 2. The van der Waals surface area contributed by atoms with Crippen LogP contribution in [-0.4, -0.2) is 35.3 Å². The highest BCUT2D eigenvalue weighted by atomic mass is 16.7. The first kappa shape index (κ1) is 16.8. The highest BCUT2D eigenvalue weighted by molar-refractivity contribution is 5.68. The monoisotopic (exact) mass is 330 g/mol. The number of allylic oxidation sites excluding steroid dienone is 1. The zero-order valence-corrected chi connectivity index (χ0v) is 14.7. The summed E-state index contributed by atoms with van der Waals surface area (Å²) in [7, 11) is 0. The van der Waals surface area contributed by atoms with E-state index >= 15 is 0 Å². The fourth-order valence-electron chi connectivity index (χ4n) is 3.09. The van der Waals surface area contributed by atoms with E-state index in [9.17, 15) is 4.79 Å². The molecule has 0 unspecified atom stereocenters. The molecule has 5 heteroatoms. The van der Waals surface area contributed by atoms with Crippen molar-refractivity contribution in [1.29, 1.82) is 0 Å². The lowest BCUT2D eigenvalue weighted by molar-refractivity contribution is -0.0751. The van der Waals surface area contributed by atoms with E-state index in [0.29, 0.717) is 13.1 Å². The van der Waals surface area contributed by atoms with Gasteiger partial charge in [0.05, 0.1) is 0 Å². The van der Waals surface area contributed by atoms with Gasteiger partial charge in [0.25, 0.3) is 0 Å². The number of hydrogen-bond acceptors (Lipinski definition) is 4. The second kappa shape index (κ2) is 6.48. The van der Waals surface area contributed by atoms with E-state index in [1.807, 2.05) is 39.0 Å². The van der Waals surface area contributed by atoms with Crippen LogP contribution in [0.1, 0.15) is 39.2 Å². The minimum Gasteiger partial charge on any atom is -0.444 e. The molecule has 0 aliphatic carbocycles. The summed E-state index contributed by atoms with van der Waals surface area (Å²) in [5, 5.41) is 0. The van der Waals surface area contributed by atoms with Crippen LogP contribution in [0.5, 0.6) is 0 Å². The lowest BCUT2D eigenvalue weighted by Crippen LogP contribution is -2.48. The molecule has 2 heterocycles. The molecule has 3 rings (SSSR count). The van der Waals surface area contributed by atoms with Gasteiger partial charge in [-0.2, -0.15) is 0 Å². The molecular weight excluding hydrogens is 304 g/mol. The molecule has 1 aromatic rings. The van der Waals surface area contributed by atoms with Crippen LogP contribution in [0.25, 0.3) is 0 Å². The van der Waals surface area contributed by atoms with Gasteiger partial charge < -0.3 is 9.64 Å². The number of hydroxylamine groups is 1. The average Bonchev–Trinajstić information content (AvgIpc) is 2.90. The zero-order valence-electron chi connectivity index (χ0n) is 14.7. The number of piperidine rings is 1. The second-order valence-electron chi connectivity index (χ2n) is 7.57.